The van der Waals surface area contributed by atoms with E-state index >= 15 is 0 Å². The summed E-state index contributed by atoms with van der Waals surface area (Å²) in [5.41, 5.74) is 3.24. The van der Waals surface area contributed by atoms with Crippen molar-refractivity contribution in [2.45, 2.75) is 17.9 Å². The van der Waals surface area contributed by atoms with Gasteiger partial charge in [0.2, 0.25) is 9.84 Å². The molecule has 4 rings (SSSR count). The monoisotopic (exact) mass is 474 g/mol. The number of rotatable bonds is 6. The average Bonchev–Trinajstić information content (AvgIpc) is 2.84. The maximum absolute atomic E-state index is 14.1. The van der Waals surface area contributed by atoms with Crippen LogP contribution in [-0.2, 0) is 9.84 Å². The van der Waals surface area contributed by atoms with Crippen molar-refractivity contribution in [3.05, 3.63) is 141 Å². The van der Waals surface area contributed by atoms with Crippen LogP contribution in [-0.4, -0.2) is 13.5 Å². The molecule has 0 fully saturated rings. The molecule has 5 heteroatoms. The Morgan fingerprint density at radius 2 is 1.21 bits per heavy atom. The van der Waals surface area contributed by atoms with Crippen LogP contribution in [0.5, 0.6) is 0 Å². The zero-order chi connectivity index (χ0) is 23.4. The molecule has 0 saturated carbocycles. The minimum Gasteiger partial charge on any atom is -0.383 e. The lowest BCUT2D eigenvalue weighted by Gasteiger charge is -2.22. The maximum atomic E-state index is 14.1. The highest BCUT2D eigenvalue weighted by molar-refractivity contribution is 7.95. The fourth-order valence-corrected chi connectivity index (χ4v) is 5.53. The molecule has 1 unspecified atom stereocenters. The number of hydrogen-bond acceptors (Lipinski definition) is 3. The first kappa shape index (κ1) is 23.0. The quantitative estimate of drug-likeness (QED) is 0.342. The Balaban J connectivity index is 2.08. The van der Waals surface area contributed by atoms with E-state index in [1.54, 1.807) is 48.5 Å². The SMILES string of the molecule is Cc1ccc(S(=O)(=O)C(=C(c2ccccc2)c2ccccc2)C(O)c2ccc(Cl)cc2)cc1. The zero-order valence-corrected chi connectivity index (χ0v) is 19.6. The van der Waals surface area contributed by atoms with Crippen LogP contribution in [0.3, 0.4) is 0 Å². The summed E-state index contributed by atoms with van der Waals surface area (Å²) in [7, 11) is -4.07. The summed E-state index contributed by atoms with van der Waals surface area (Å²) in [4.78, 5) is 0.0477. The van der Waals surface area contributed by atoms with Gasteiger partial charge in [-0.1, -0.05) is 102 Å². The minimum absolute atomic E-state index is 0.0777. The second-order valence-corrected chi connectivity index (χ2v) is 10.1. The molecule has 4 aromatic carbocycles. The molecule has 0 aliphatic heterocycles. The molecule has 33 heavy (non-hydrogen) atoms. The van der Waals surface area contributed by atoms with E-state index in [9.17, 15) is 13.5 Å². The normalized spacial score (nSPS) is 12.2. The fourth-order valence-electron chi connectivity index (χ4n) is 3.72. The molecule has 4 aromatic rings. The largest absolute Gasteiger partial charge is 0.383 e. The Morgan fingerprint density at radius 1 is 0.727 bits per heavy atom. The molecule has 0 aromatic heterocycles. The van der Waals surface area contributed by atoms with Gasteiger partial charge in [0.05, 0.1) is 9.80 Å². The highest BCUT2D eigenvalue weighted by Gasteiger charge is 2.32. The summed E-state index contributed by atoms with van der Waals surface area (Å²) in [6, 6.07) is 31.8. The number of aliphatic hydroxyl groups excluding tert-OH is 1. The van der Waals surface area contributed by atoms with Crippen molar-refractivity contribution in [3.8, 4) is 0 Å². The van der Waals surface area contributed by atoms with Gasteiger partial charge in [0.1, 0.15) is 6.10 Å². The van der Waals surface area contributed by atoms with Crippen molar-refractivity contribution in [2.75, 3.05) is 0 Å². The van der Waals surface area contributed by atoms with Crippen LogP contribution in [0.4, 0.5) is 0 Å². The first-order valence-electron chi connectivity index (χ1n) is 10.5. The predicted molar refractivity (Wildman–Crippen MR) is 134 cm³/mol. The molecule has 3 nitrogen and oxygen atoms in total. The number of hydrogen-bond donors (Lipinski definition) is 1. The summed E-state index contributed by atoms with van der Waals surface area (Å²) in [5, 5.41) is 12.0. The molecule has 0 aliphatic rings. The number of halogens is 1. The Labute approximate surface area is 199 Å². The van der Waals surface area contributed by atoms with Crippen LogP contribution in [0, 0.1) is 6.92 Å². The third-order valence-electron chi connectivity index (χ3n) is 5.43. The summed E-state index contributed by atoms with van der Waals surface area (Å²) in [6.45, 7) is 1.90. The van der Waals surface area contributed by atoms with E-state index in [2.05, 4.69) is 0 Å². The Kier molecular flexibility index (Phi) is 6.80. The lowest BCUT2D eigenvalue weighted by Crippen LogP contribution is -2.16. The average molecular weight is 475 g/mol. The van der Waals surface area contributed by atoms with Crippen LogP contribution < -0.4 is 0 Å². The lowest BCUT2D eigenvalue weighted by molar-refractivity contribution is 0.224. The predicted octanol–water partition coefficient (Wildman–Crippen LogP) is 6.62. The molecule has 1 N–H and O–H groups in total. The first-order chi connectivity index (χ1) is 15.9. The molecule has 0 spiro atoms. The van der Waals surface area contributed by atoms with Gasteiger partial charge in [0.25, 0.3) is 0 Å². The van der Waals surface area contributed by atoms with Gasteiger partial charge in [0, 0.05) is 10.6 Å². The van der Waals surface area contributed by atoms with E-state index < -0.39 is 15.9 Å². The third kappa shape index (κ3) is 4.93. The Morgan fingerprint density at radius 3 is 1.70 bits per heavy atom. The van der Waals surface area contributed by atoms with Gasteiger partial charge in [-0.2, -0.15) is 0 Å². The summed E-state index contributed by atoms with van der Waals surface area (Å²) < 4.78 is 28.1. The molecular weight excluding hydrogens is 452 g/mol. The van der Waals surface area contributed by atoms with E-state index in [0.717, 1.165) is 5.56 Å². The Bertz CT molecular complexity index is 1320. The fraction of sp³-hybridized carbons (Fsp3) is 0.0714. The van der Waals surface area contributed by atoms with Gasteiger partial charge in [-0.05, 0) is 47.9 Å². The molecule has 0 bridgehead atoms. The summed E-state index contributed by atoms with van der Waals surface area (Å²) >= 11 is 6.04. The van der Waals surface area contributed by atoms with Gasteiger partial charge >= 0.3 is 0 Å². The second-order valence-electron chi connectivity index (χ2n) is 7.74. The smallest absolute Gasteiger partial charge is 0.206 e. The number of benzene rings is 4. The van der Waals surface area contributed by atoms with Crippen LogP contribution in [0.2, 0.25) is 5.02 Å². The molecule has 166 valence electrons. The number of sulfone groups is 1. The topological polar surface area (TPSA) is 54.4 Å². The first-order valence-corrected chi connectivity index (χ1v) is 12.3. The summed E-state index contributed by atoms with van der Waals surface area (Å²) in [5.74, 6) is 0. The zero-order valence-electron chi connectivity index (χ0n) is 18.0. The molecule has 0 saturated heterocycles. The number of aryl methyl sites for hydroxylation is 1. The van der Waals surface area contributed by atoms with E-state index in [1.807, 2.05) is 67.6 Å². The van der Waals surface area contributed by atoms with Crippen LogP contribution in [0.25, 0.3) is 5.57 Å². The standard InChI is InChI=1S/C28H23ClO3S/c1-20-12-18-25(19-13-20)33(31,32)28(27(30)23-14-16-24(29)17-15-23)26(21-8-4-2-5-9-21)22-10-6-3-7-11-22/h2-19,27,30H,1H3. The van der Waals surface area contributed by atoms with Crippen molar-refractivity contribution in [1.82, 2.24) is 0 Å². The van der Waals surface area contributed by atoms with Crippen molar-refractivity contribution in [2.24, 2.45) is 0 Å². The molecule has 0 heterocycles. The van der Waals surface area contributed by atoms with Crippen molar-refractivity contribution >= 4 is 27.0 Å². The third-order valence-corrected chi connectivity index (χ3v) is 7.58. The summed E-state index contributed by atoms with van der Waals surface area (Å²) in [6.07, 6.45) is -1.40. The van der Waals surface area contributed by atoms with E-state index in [4.69, 9.17) is 11.6 Å². The van der Waals surface area contributed by atoms with E-state index in [1.165, 1.54) is 0 Å². The van der Waals surface area contributed by atoms with Crippen LogP contribution in [0.15, 0.2) is 119 Å². The van der Waals surface area contributed by atoms with Gasteiger partial charge in [-0.3, -0.25) is 0 Å². The molecule has 0 amide bonds. The highest BCUT2D eigenvalue weighted by atomic mass is 35.5. The van der Waals surface area contributed by atoms with Crippen LogP contribution in [0.1, 0.15) is 28.4 Å². The van der Waals surface area contributed by atoms with Crippen molar-refractivity contribution < 1.29 is 13.5 Å². The van der Waals surface area contributed by atoms with Gasteiger partial charge in [0.15, 0.2) is 0 Å². The molecule has 0 aliphatic carbocycles. The molecular formula is C28H23ClO3S. The van der Waals surface area contributed by atoms with Gasteiger partial charge in [-0.15, -0.1) is 0 Å². The molecule has 1 atom stereocenters. The van der Waals surface area contributed by atoms with E-state index in [0.29, 0.717) is 27.3 Å². The number of aliphatic hydroxyl groups is 1. The minimum atomic E-state index is -4.07. The lowest BCUT2D eigenvalue weighted by atomic mass is 9.94. The van der Waals surface area contributed by atoms with Gasteiger partial charge < -0.3 is 5.11 Å². The van der Waals surface area contributed by atoms with Crippen molar-refractivity contribution in [3.63, 3.8) is 0 Å². The van der Waals surface area contributed by atoms with Crippen LogP contribution >= 0.6 is 11.6 Å². The van der Waals surface area contributed by atoms with Crippen molar-refractivity contribution in [1.29, 1.82) is 0 Å². The Hall–Kier alpha value is -3.18. The van der Waals surface area contributed by atoms with E-state index in [-0.39, 0.29) is 9.80 Å². The van der Waals surface area contributed by atoms with Gasteiger partial charge in [-0.25, -0.2) is 8.42 Å². The highest BCUT2D eigenvalue weighted by Crippen LogP contribution is 2.40. The molecule has 0 radical (unpaired) electrons. The maximum Gasteiger partial charge on any atom is 0.206 e. The second kappa shape index (κ2) is 9.75.